The van der Waals surface area contributed by atoms with E-state index in [1.54, 1.807) is 6.07 Å². The number of thiocarbonyl (C=S) groups is 1. The van der Waals surface area contributed by atoms with Gasteiger partial charge >= 0.3 is 0 Å². The van der Waals surface area contributed by atoms with Crippen molar-refractivity contribution in [3.05, 3.63) is 46.7 Å². The van der Waals surface area contributed by atoms with E-state index in [0.29, 0.717) is 4.88 Å². The second kappa shape index (κ2) is 10.1. The summed E-state index contributed by atoms with van der Waals surface area (Å²) in [7, 11) is 0. The maximum atomic E-state index is 11.9. The number of hydrogen-bond acceptors (Lipinski definition) is 4. The molecule has 1 heterocycles. The minimum atomic E-state index is -0.200. The first-order valence-electron chi connectivity index (χ1n) is 8.07. The summed E-state index contributed by atoms with van der Waals surface area (Å²) in [5.41, 5.74) is 0.810. The van der Waals surface area contributed by atoms with E-state index in [-0.39, 0.29) is 11.0 Å². The Hall–Kier alpha value is -1.92. The summed E-state index contributed by atoms with van der Waals surface area (Å²) in [5, 5.41) is 7.79. The van der Waals surface area contributed by atoms with Gasteiger partial charge in [-0.15, -0.1) is 11.3 Å². The van der Waals surface area contributed by atoms with Crippen LogP contribution in [0.2, 0.25) is 0 Å². The number of rotatable bonds is 8. The molecule has 0 atom stereocenters. The van der Waals surface area contributed by atoms with Crippen molar-refractivity contribution >= 4 is 40.3 Å². The molecule has 1 amide bonds. The fourth-order valence-corrected chi connectivity index (χ4v) is 2.92. The molecule has 24 heavy (non-hydrogen) atoms. The number of amides is 1. The van der Waals surface area contributed by atoms with Crippen molar-refractivity contribution in [2.75, 3.05) is 11.9 Å². The Morgan fingerprint density at radius 2 is 1.96 bits per heavy atom. The molecule has 0 saturated heterocycles. The highest BCUT2D eigenvalue weighted by atomic mass is 32.1. The predicted octanol–water partition coefficient (Wildman–Crippen LogP) is 4.83. The zero-order valence-electron chi connectivity index (χ0n) is 13.7. The molecule has 6 heteroatoms. The summed E-state index contributed by atoms with van der Waals surface area (Å²) in [6, 6.07) is 11.1. The molecule has 0 unspecified atom stereocenters. The lowest BCUT2D eigenvalue weighted by Crippen LogP contribution is -2.33. The lowest BCUT2D eigenvalue weighted by molar-refractivity contribution is 0.0981. The maximum Gasteiger partial charge on any atom is 0.267 e. The van der Waals surface area contributed by atoms with Crippen LogP contribution in [0.1, 0.15) is 42.3 Å². The predicted molar refractivity (Wildman–Crippen MR) is 104 cm³/mol. The Labute approximate surface area is 152 Å². The van der Waals surface area contributed by atoms with Gasteiger partial charge in [-0.2, -0.15) is 0 Å². The molecule has 1 aromatic carbocycles. The van der Waals surface area contributed by atoms with E-state index in [0.717, 1.165) is 24.5 Å². The molecular weight excluding hydrogens is 340 g/mol. The summed E-state index contributed by atoms with van der Waals surface area (Å²) in [5.74, 6) is 0.639. The summed E-state index contributed by atoms with van der Waals surface area (Å²) < 4.78 is 5.70. The molecule has 0 spiro atoms. The average Bonchev–Trinajstić information content (AvgIpc) is 3.11. The lowest BCUT2D eigenvalue weighted by atomic mass is 10.2. The number of anilines is 1. The number of carbonyl (C=O) groups excluding carboxylic acids is 1. The number of thiophene rings is 1. The molecule has 0 bridgehead atoms. The molecule has 2 rings (SSSR count). The van der Waals surface area contributed by atoms with Gasteiger partial charge in [-0.3, -0.25) is 10.1 Å². The highest BCUT2D eigenvalue weighted by Crippen LogP contribution is 2.16. The topological polar surface area (TPSA) is 50.4 Å². The van der Waals surface area contributed by atoms with Gasteiger partial charge in [0.25, 0.3) is 5.91 Å². The van der Waals surface area contributed by atoms with Crippen LogP contribution in [-0.2, 0) is 0 Å². The second-order valence-corrected chi connectivity index (χ2v) is 6.67. The fraction of sp³-hybridized carbons (Fsp3) is 0.333. The highest BCUT2D eigenvalue weighted by molar-refractivity contribution is 7.80. The minimum absolute atomic E-state index is 0.200. The summed E-state index contributed by atoms with van der Waals surface area (Å²) in [4.78, 5) is 12.5. The van der Waals surface area contributed by atoms with Crippen molar-refractivity contribution < 1.29 is 9.53 Å². The van der Waals surface area contributed by atoms with Gasteiger partial charge in [0, 0.05) is 5.69 Å². The smallest absolute Gasteiger partial charge is 0.267 e. The molecule has 0 aliphatic heterocycles. The van der Waals surface area contributed by atoms with E-state index in [9.17, 15) is 4.79 Å². The third-order valence-electron chi connectivity index (χ3n) is 3.35. The van der Waals surface area contributed by atoms with Gasteiger partial charge in [-0.1, -0.05) is 32.3 Å². The Morgan fingerprint density at radius 1 is 1.17 bits per heavy atom. The van der Waals surface area contributed by atoms with Crippen molar-refractivity contribution in [3.8, 4) is 5.75 Å². The molecule has 2 aromatic rings. The van der Waals surface area contributed by atoms with Crippen LogP contribution < -0.4 is 15.4 Å². The number of carbonyl (C=O) groups is 1. The van der Waals surface area contributed by atoms with Gasteiger partial charge in [0.1, 0.15) is 5.75 Å². The quantitative estimate of drug-likeness (QED) is 0.521. The minimum Gasteiger partial charge on any atom is -0.494 e. The number of hydrogen-bond donors (Lipinski definition) is 2. The molecule has 2 N–H and O–H groups in total. The van der Waals surface area contributed by atoms with Crippen molar-refractivity contribution in [3.63, 3.8) is 0 Å². The Balaban J connectivity index is 1.74. The van der Waals surface area contributed by atoms with Crippen molar-refractivity contribution in [1.29, 1.82) is 0 Å². The largest absolute Gasteiger partial charge is 0.494 e. The number of benzene rings is 1. The van der Waals surface area contributed by atoms with Gasteiger partial charge < -0.3 is 10.1 Å². The van der Waals surface area contributed by atoms with E-state index in [1.807, 2.05) is 35.7 Å². The molecule has 0 saturated carbocycles. The van der Waals surface area contributed by atoms with Gasteiger partial charge in [0.05, 0.1) is 11.5 Å². The van der Waals surface area contributed by atoms with Gasteiger partial charge in [-0.05, 0) is 54.4 Å². The third kappa shape index (κ3) is 6.29. The molecule has 4 nitrogen and oxygen atoms in total. The van der Waals surface area contributed by atoms with Crippen LogP contribution in [0.4, 0.5) is 5.69 Å². The van der Waals surface area contributed by atoms with Gasteiger partial charge in [0.15, 0.2) is 5.11 Å². The van der Waals surface area contributed by atoms with Crippen LogP contribution in [0.5, 0.6) is 5.75 Å². The first kappa shape index (κ1) is 18.4. The Bertz CT molecular complexity index is 640. The molecule has 0 radical (unpaired) electrons. The SMILES string of the molecule is CCCCCCOc1ccc(NC(=S)NC(=O)c2cccs2)cc1. The molecule has 0 aliphatic rings. The van der Waals surface area contributed by atoms with Crippen LogP contribution in [-0.4, -0.2) is 17.6 Å². The third-order valence-corrected chi connectivity index (χ3v) is 4.42. The fourth-order valence-electron chi connectivity index (χ4n) is 2.09. The number of nitrogens with one attached hydrogen (secondary N) is 2. The van der Waals surface area contributed by atoms with E-state index < -0.39 is 0 Å². The zero-order valence-corrected chi connectivity index (χ0v) is 15.3. The monoisotopic (exact) mass is 362 g/mol. The lowest BCUT2D eigenvalue weighted by Gasteiger charge is -2.10. The molecule has 0 aliphatic carbocycles. The normalized spacial score (nSPS) is 10.2. The summed E-state index contributed by atoms with van der Waals surface area (Å²) in [6.45, 7) is 2.93. The van der Waals surface area contributed by atoms with Crippen LogP contribution in [0.3, 0.4) is 0 Å². The maximum absolute atomic E-state index is 11.9. The van der Waals surface area contributed by atoms with Crippen LogP contribution in [0, 0.1) is 0 Å². The molecule has 1 aromatic heterocycles. The first-order chi connectivity index (χ1) is 11.7. The van der Waals surface area contributed by atoms with Crippen molar-refractivity contribution in [2.45, 2.75) is 32.6 Å². The van der Waals surface area contributed by atoms with Crippen molar-refractivity contribution in [2.24, 2.45) is 0 Å². The van der Waals surface area contributed by atoms with Crippen LogP contribution in [0.25, 0.3) is 0 Å². The van der Waals surface area contributed by atoms with E-state index >= 15 is 0 Å². The molecular formula is C18H22N2O2S2. The number of ether oxygens (including phenoxy) is 1. The van der Waals surface area contributed by atoms with Gasteiger partial charge in [-0.25, -0.2) is 0 Å². The van der Waals surface area contributed by atoms with Crippen molar-refractivity contribution in [1.82, 2.24) is 5.32 Å². The first-order valence-corrected chi connectivity index (χ1v) is 9.36. The Kier molecular flexibility index (Phi) is 7.71. The van der Waals surface area contributed by atoms with Crippen LogP contribution >= 0.6 is 23.6 Å². The Morgan fingerprint density at radius 3 is 2.62 bits per heavy atom. The summed E-state index contributed by atoms with van der Waals surface area (Å²) in [6.07, 6.45) is 4.76. The number of unbranched alkanes of at least 4 members (excludes halogenated alkanes) is 3. The molecule has 0 fully saturated rings. The van der Waals surface area contributed by atoms with E-state index in [4.69, 9.17) is 17.0 Å². The van der Waals surface area contributed by atoms with E-state index in [1.165, 1.54) is 30.6 Å². The average molecular weight is 363 g/mol. The zero-order chi connectivity index (χ0) is 17.2. The second-order valence-electron chi connectivity index (χ2n) is 5.32. The van der Waals surface area contributed by atoms with E-state index in [2.05, 4.69) is 17.6 Å². The summed E-state index contributed by atoms with van der Waals surface area (Å²) >= 11 is 6.54. The van der Waals surface area contributed by atoms with Crippen LogP contribution in [0.15, 0.2) is 41.8 Å². The van der Waals surface area contributed by atoms with Gasteiger partial charge in [0.2, 0.25) is 0 Å². The highest BCUT2D eigenvalue weighted by Gasteiger charge is 2.08. The standard InChI is InChI=1S/C18H22N2O2S2/c1-2-3-4-5-12-22-15-10-8-14(9-11-15)19-18(23)20-17(21)16-7-6-13-24-16/h6-11,13H,2-5,12H2,1H3,(H2,19,20,21,23). The molecule has 128 valence electrons.